The summed E-state index contributed by atoms with van der Waals surface area (Å²) in [7, 11) is -2.35. The van der Waals surface area contributed by atoms with Crippen LogP contribution in [-0.2, 0) is 29.8 Å². The molecule has 0 amide bonds. The van der Waals surface area contributed by atoms with Gasteiger partial charge in [-0.1, -0.05) is 11.6 Å². The van der Waals surface area contributed by atoms with E-state index in [1.807, 2.05) is 18.4 Å². The van der Waals surface area contributed by atoms with Crippen LogP contribution in [-0.4, -0.2) is 71.4 Å². The molecule has 34 heavy (non-hydrogen) atoms. The second kappa shape index (κ2) is 10.0. The Labute approximate surface area is 204 Å². The van der Waals surface area contributed by atoms with Gasteiger partial charge in [0.05, 0.1) is 29.9 Å². The number of halogens is 1. The largest absolute Gasteiger partial charge is 0.382 e. The molecule has 1 aliphatic carbocycles. The molecule has 3 atom stereocenters. The second-order valence-electron chi connectivity index (χ2n) is 9.15. The zero-order valence-corrected chi connectivity index (χ0v) is 21.3. The van der Waals surface area contributed by atoms with Crippen molar-refractivity contribution in [1.82, 2.24) is 24.7 Å². The van der Waals surface area contributed by atoms with Gasteiger partial charge in [-0.3, -0.25) is 9.29 Å². The molecular formula is C21H31ClN6O5S. The fraction of sp³-hybridized carbons (Fsp3) is 0.714. The molecule has 2 fully saturated rings. The number of nitrogens with zero attached hydrogens (tertiary/aromatic N) is 5. The monoisotopic (exact) mass is 514 g/mol. The lowest BCUT2D eigenvalue weighted by Gasteiger charge is -2.26. The minimum absolute atomic E-state index is 0.0528. The second-order valence-corrected chi connectivity index (χ2v) is 11.6. The van der Waals surface area contributed by atoms with Crippen molar-refractivity contribution in [1.29, 1.82) is 0 Å². The third-order valence-corrected chi connectivity index (χ3v) is 8.05. The molecule has 0 radical (unpaired) electrons. The molecule has 3 heterocycles. The molecule has 2 aromatic heterocycles. The molecule has 4 rings (SSSR count). The van der Waals surface area contributed by atoms with E-state index in [2.05, 4.69) is 24.9 Å². The van der Waals surface area contributed by atoms with Crippen LogP contribution in [0.3, 0.4) is 0 Å². The van der Waals surface area contributed by atoms with Crippen molar-refractivity contribution in [3.8, 4) is 0 Å². The van der Waals surface area contributed by atoms with Crippen LogP contribution in [0.15, 0.2) is 12.4 Å². The normalized spacial score (nSPS) is 21.5. The topological polar surface area (TPSA) is 130 Å². The maximum Gasteiger partial charge on any atom is 0.240 e. The van der Waals surface area contributed by atoms with Gasteiger partial charge in [0, 0.05) is 32.0 Å². The van der Waals surface area contributed by atoms with E-state index in [0.29, 0.717) is 30.7 Å². The van der Waals surface area contributed by atoms with E-state index < -0.39 is 21.4 Å². The van der Waals surface area contributed by atoms with Gasteiger partial charge in [-0.15, -0.1) is 10.2 Å². The Hall–Kier alpha value is -1.86. The molecule has 1 aliphatic heterocycles. The van der Waals surface area contributed by atoms with E-state index in [1.54, 1.807) is 14.0 Å². The quantitative estimate of drug-likeness (QED) is 0.480. The average Bonchev–Trinajstić information content (AvgIpc) is 3.18. The van der Waals surface area contributed by atoms with Gasteiger partial charge in [0.2, 0.25) is 16.0 Å². The molecule has 13 heteroatoms. The number of hydrogen-bond acceptors (Lipinski definition) is 9. The van der Waals surface area contributed by atoms with Crippen molar-refractivity contribution in [2.24, 2.45) is 0 Å². The first kappa shape index (κ1) is 25.2. The third kappa shape index (κ3) is 5.20. The number of nitrogens with one attached hydrogen (secondary N) is 1. The summed E-state index contributed by atoms with van der Waals surface area (Å²) in [5.41, 5.74) is -0.371. The Bertz CT molecular complexity index is 1080. The average molecular weight is 515 g/mol. The van der Waals surface area contributed by atoms with Crippen molar-refractivity contribution in [2.75, 3.05) is 31.7 Å². The summed E-state index contributed by atoms with van der Waals surface area (Å²) in [5, 5.41) is 7.94. The fourth-order valence-corrected chi connectivity index (χ4v) is 5.39. The van der Waals surface area contributed by atoms with E-state index >= 15 is 0 Å². The van der Waals surface area contributed by atoms with Gasteiger partial charge in [-0.25, -0.2) is 18.4 Å². The number of anilines is 1. The van der Waals surface area contributed by atoms with Crippen LogP contribution in [0.1, 0.15) is 63.7 Å². The number of methoxy groups -OCH3 is 1. The highest BCUT2D eigenvalue weighted by molar-refractivity contribution is 7.93. The Kier molecular flexibility index (Phi) is 7.44. The van der Waals surface area contributed by atoms with Crippen molar-refractivity contribution in [3.63, 3.8) is 0 Å². The zero-order chi connectivity index (χ0) is 24.5. The van der Waals surface area contributed by atoms with Gasteiger partial charge >= 0.3 is 0 Å². The van der Waals surface area contributed by atoms with Crippen LogP contribution in [0.4, 0.5) is 5.95 Å². The van der Waals surface area contributed by atoms with Crippen molar-refractivity contribution in [2.45, 2.75) is 68.9 Å². The summed E-state index contributed by atoms with van der Waals surface area (Å²) in [6.45, 7) is 6.81. The van der Waals surface area contributed by atoms with Crippen LogP contribution in [0.2, 0.25) is 5.02 Å². The molecule has 2 unspecified atom stereocenters. The molecule has 2 aliphatic rings. The summed E-state index contributed by atoms with van der Waals surface area (Å²) in [6.07, 6.45) is 4.17. The molecule has 0 spiro atoms. The Balaban J connectivity index is 1.66. The summed E-state index contributed by atoms with van der Waals surface area (Å²) in [6, 6.07) is 0. The van der Waals surface area contributed by atoms with Gasteiger partial charge in [-0.2, -0.15) is 0 Å². The van der Waals surface area contributed by atoms with E-state index in [4.69, 9.17) is 25.8 Å². The van der Waals surface area contributed by atoms with Crippen LogP contribution < -0.4 is 4.72 Å². The lowest BCUT2D eigenvalue weighted by molar-refractivity contribution is 0.00154. The number of rotatable bonds is 11. The molecule has 188 valence electrons. The molecule has 0 bridgehead atoms. The van der Waals surface area contributed by atoms with Crippen molar-refractivity contribution < 1.29 is 22.6 Å². The van der Waals surface area contributed by atoms with Crippen LogP contribution in [0.25, 0.3) is 0 Å². The van der Waals surface area contributed by atoms with Crippen LogP contribution in [0.5, 0.6) is 0 Å². The van der Waals surface area contributed by atoms with Gasteiger partial charge < -0.3 is 14.2 Å². The Morgan fingerprint density at radius 2 is 1.97 bits per heavy atom. The summed E-state index contributed by atoms with van der Waals surface area (Å²) in [4.78, 5) is 8.39. The molecule has 1 saturated carbocycles. The summed E-state index contributed by atoms with van der Waals surface area (Å²) < 4.78 is 48.6. The summed E-state index contributed by atoms with van der Waals surface area (Å²) >= 11 is 5.91. The standard InChI is InChI=1S/C21H31ClN6O5S/c1-13(2)33-17(18-23-9-16(22)10-24-18)14(3)34(29,30)27-20-26-25-19(15-5-8-32-11-15)28(20)21(6-7-21)12-31-4/h9-10,13-15,17H,5-8,11-12H2,1-4H3,(H,26,27)/t14?,15-,17?/m1/s1. The van der Waals surface area contributed by atoms with Crippen LogP contribution in [0, 0.1) is 0 Å². The maximum atomic E-state index is 13.5. The lowest BCUT2D eigenvalue weighted by atomic mass is 10.1. The van der Waals surface area contributed by atoms with Gasteiger partial charge in [0.25, 0.3) is 0 Å². The van der Waals surface area contributed by atoms with Gasteiger partial charge in [-0.05, 0) is 40.0 Å². The third-order valence-electron chi connectivity index (χ3n) is 6.16. The predicted octanol–water partition coefficient (Wildman–Crippen LogP) is 2.66. The van der Waals surface area contributed by atoms with E-state index in [1.165, 1.54) is 12.4 Å². The lowest BCUT2D eigenvalue weighted by Crippen LogP contribution is -2.36. The number of sulfonamides is 1. The van der Waals surface area contributed by atoms with Crippen molar-refractivity contribution >= 4 is 27.6 Å². The maximum absolute atomic E-state index is 13.5. The minimum atomic E-state index is -3.98. The molecule has 11 nitrogen and oxygen atoms in total. The first-order valence-electron chi connectivity index (χ1n) is 11.3. The Morgan fingerprint density at radius 1 is 1.26 bits per heavy atom. The SMILES string of the molecule is COCC1(n2c(NS(=O)(=O)C(C)C(OC(C)C)c3ncc(Cl)cn3)nnc2[C@@H]2CCOC2)CC1. The first-order chi connectivity index (χ1) is 16.2. The van der Waals surface area contributed by atoms with Crippen LogP contribution >= 0.6 is 11.6 Å². The number of hydrogen-bond donors (Lipinski definition) is 1. The fourth-order valence-electron chi connectivity index (χ4n) is 4.20. The molecule has 2 aromatic rings. The highest BCUT2D eigenvalue weighted by Crippen LogP contribution is 2.47. The smallest absolute Gasteiger partial charge is 0.240 e. The zero-order valence-electron chi connectivity index (χ0n) is 19.8. The van der Waals surface area contributed by atoms with Gasteiger partial charge in [0.15, 0.2) is 5.82 Å². The van der Waals surface area contributed by atoms with Crippen molar-refractivity contribution in [3.05, 3.63) is 29.1 Å². The number of aromatic nitrogens is 5. The molecule has 0 aromatic carbocycles. The Morgan fingerprint density at radius 3 is 2.53 bits per heavy atom. The van der Waals surface area contributed by atoms with E-state index in [9.17, 15) is 8.42 Å². The number of ether oxygens (including phenoxy) is 3. The summed E-state index contributed by atoms with van der Waals surface area (Å²) in [5.74, 6) is 1.17. The van der Waals surface area contributed by atoms with E-state index in [0.717, 1.165) is 19.3 Å². The van der Waals surface area contributed by atoms with E-state index in [-0.39, 0.29) is 29.3 Å². The molecule has 1 saturated heterocycles. The minimum Gasteiger partial charge on any atom is -0.382 e. The van der Waals surface area contributed by atoms with Gasteiger partial charge in [0.1, 0.15) is 17.2 Å². The highest BCUT2D eigenvalue weighted by Gasteiger charge is 2.49. The first-order valence-corrected chi connectivity index (χ1v) is 13.3. The molecular weight excluding hydrogens is 484 g/mol. The predicted molar refractivity (Wildman–Crippen MR) is 125 cm³/mol. The molecule has 1 N–H and O–H groups in total. The highest BCUT2D eigenvalue weighted by atomic mass is 35.5.